The summed E-state index contributed by atoms with van der Waals surface area (Å²) in [5.41, 5.74) is 2.90. The van der Waals surface area contributed by atoms with Crippen LogP contribution in [0.2, 0.25) is 0 Å². The normalized spacial score (nSPS) is 16.4. The molecule has 0 atom stereocenters. The number of nitrogens with one attached hydrogen (secondary N) is 1. The van der Waals surface area contributed by atoms with Crippen molar-refractivity contribution < 1.29 is 0 Å². The predicted molar refractivity (Wildman–Crippen MR) is 76.6 cm³/mol. The Bertz CT molecular complexity index is 629. The van der Waals surface area contributed by atoms with E-state index in [1.807, 2.05) is 7.05 Å². The summed E-state index contributed by atoms with van der Waals surface area (Å²) in [6.07, 6.45) is 5.23. The number of para-hydroxylation sites is 1. The molecule has 1 aliphatic carbocycles. The van der Waals surface area contributed by atoms with Crippen LogP contribution in [0, 0.1) is 16.7 Å². The smallest absolute Gasteiger partial charge is 0.0628 e. The van der Waals surface area contributed by atoms with Gasteiger partial charge in [-0.15, -0.1) is 0 Å². The zero-order valence-corrected chi connectivity index (χ0v) is 11.3. The average Bonchev–Trinajstić information content (AvgIpc) is 3.03. The van der Waals surface area contributed by atoms with Gasteiger partial charge in [0.15, 0.2) is 0 Å². The van der Waals surface area contributed by atoms with Gasteiger partial charge in [-0.05, 0) is 36.9 Å². The van der Waals surface area contributed by atoms with Gasteiger partial charge >= 0.3 is 0 Å². The molecule has 0 spiro atoms. The fraction of sp³-hybridized carbons (Fsp3) is 0.438. The average molecular weight is 253 g/mol. The molecule has 98 valence electrons. The first-order chi connectivity index (χ1) is 9.28. The van der Waals surface area contributed by atoms with Gasteiger partial charge < -0.3 is 9.88 Å². The molecule has 1 aromatic carbocycles. The number of rotatable bonds is 5. The molecule has 0 bridgehead atoms. The highest BCUT2D eigenvalue weighted by Gasteiger charge is 2.42. The summed E-state index contributed by atoms with van der Waals surface area (Å²) in [4.78, 5) is 0. The number of hydrogen-bond donors (Lipinski definition) is 1. The lowest BCUT2D eigenvalue weighted by Gasteiger charge is -2.15. The van der Waals surface area contributed by atoms with Crippen LogP contribution < -0.4 is 5.32 Å². The van der Waals surface area contributed by atoms with Gasteiger partial charge in [-0.1, -0.05) is 18.2 Å². The van der Waals surface area contributed by atoms with Gasteiger partial charge in [0.2, 0.25) is 0 Å². The summed E-state index contributed by atoms with van der Waals surface area (Å²) in [5.74, 6) is 0. The largest absolute Gasteiger partial charge is 0.347 e. The van der Waals surface area contributed by atoms with Crippen LogP contribution >= 0.6 is 0 Å². The van der Waals surface area contributed by atoms with Crippen LogP contribution in [0.25, 0.3) is 10.9 Å². The molecular weight excluding hydrogens is 234 g/mol. The van der Waals surface area contributed by atoms with Gasteiger partial charge in [0.25, 0.3) is 0 Å². The van der Waals surface area contributed by atoms with Crippen molar-refractivity contribution in [2.24, 2.45) is 5.41 Å². The Kier molecular flexibility index (Phi) is 3.04. The zero-order chi connectivity index (χ0) is 13.3. The van der Waals surface area contributed by atoms with Crippen molar-refractivity contribution in [2.45, 2.75) is 32.4 Å². The SMILES string of the molecule is CNCc1cccc2ccn(CC3(CC#N)CC3)c12. The molecule has 3 rings (SSSR count). The van der Waals surface area contributed by atoms with Crippen LogP contribution in [-0.2, 0) is 13.1 Å². The van der Waals surface area contributed by atoms with Crippen molar-refractivity contribution in [1.29, 1.82) is 5.26 Å². The monoisotopic (exact) mass is 253 g/mol. The second-order valence-electron chi connectivity index (χ2n) is 5.66. The van der Waals surface area contributed by atoms with E-state index in [4.69, 9.17) is 5.26 Å². The Morgan fingerprint density at radius 2 is 2.21 bits per heavy atom. The fourth-order valence-electron chi connectivity index (χ4n) is 2.90. The molecule has 1 aromatic heterocycles. The van der Waals surface area contributed by atoms with E-state index in [1.165, 1.54) is 29.3 Å². The van der Waals surface area contributed by atoms with E-state index in [0.717, 1.165) is 13.1 Å². The lowest BCUT2D eigenvalue weighted by molar-refractivity contribution is 0.439. The van der Waals surface area contributed by atoms with Crippen LogP contribution in [0.15, 0.2) is 30.5 Å². The summed E-state index contributed by atoms with van der Waals surface area (Å²) in [6, 6.07) is 11.0. The fourth-order valence-corrected chi connectivity index (χ4v) is 2.90. The molecule has 2 aromatic rings. The quantitative estimate of drug-likeness (QED) is 0.889. The van der Waals surface area contributed by atoms with Crippen LogP contribution in [0.3, 0.4) is 0 Å². The van der Waals surface area contributed by atoms with E-state index in [2.05, 4.69) is 46.4 Å². The molecule has 3 nitrogen and oxygen atoms in total. The highest BCUT2D eigenvalue weighted by molar-refractivity contribution is 5.83. The van der Waals surface area contributed by atoms with Gasteiger partial charge in [-0.2, -0.15) is 5.26 Å². The lowest BCUT2D eigenvalue weighted by atomic mass is 10.0. The lowest BCUT2D eigenvalue weighted by Crippen LogP contribution is -2.12. The summed E-state index contributed by atoms with van der Waals surface area (Å²) >= 11 is 0. The third-order valence-electron chi connectivity index (χ3n) is 4.16. The number of hydrogen-bond acceptors (Lipinski definition) is 2. The third-order valence-corrected chi connectivity index (χ3v) is 4.16. The summed E-state index contributed by atoms with van der Waals surface area (Å²) in [7, 11) is 1.98. The second kappa shape index (κ2) is 4.71. The Hall–Kier alpha value is -1.79. The first-order valence-corrected chi connectivity index (χ1v) is 6.86. The minimum absolute atomic E-state index is 0.244. The highest BCUT2D eigenvalue weighted by atomic mass is 15.0. The van der Waals surface area contributed by atoms with Gasteiger partial charge in [0.05, 0.1) is 11.6 Å². The maximum Gasteiger partial charge on any atom is 0.0628 e. The maximum atomic E-state index is 8.95. The van der Waals surface area contributed by atoms with Crippen molar-refractivity contribution in [2.75, 3.05) is 7.05 Å². The highest BCUT2D eigenvalue weighted by Crippen LogP contribution is 2.50. The van der Waals surface area contributed by atoms with E-state index in [0.29, 0.717) is 6.42 Å². The van der Waals surface area contributed by atoms with E-state index in [-0.39, 0.29) is 5.41 Å². The van der Waals surface area contributed by atoms with E-state index < -0.39 is 0 Å². The van der Waals surface area contributed by atoms with Crippen molar-refractivity contribution >= 4 is 10.9 Å². The summed E-state index contributed by atoms with van der Waals surface area (Å²) in [6.45, 7) is 1.86. The molecule has 3 heteroatoms. The number of nitriles is 1. The molecule has 1 aliphatic rings. The van der Waals surface area contributed by atoms with Gasteiger partial charge in [0, 0.05) is 31.1 Å². The Morgan fingerprint density at radius 1 is 1.37 bits per heavy atom. The molecule has 1 saturated carbocycles. The number of aromatic nitrogens is 1. The Balaban J connectivity index is 1.98. The molecule has 0 unspecified atom stereocenters. The number of fused-ring (bicyclic) bond motifs is 1. The first kappa shape index (κ1) is 12.3. The maximum absolute atomic E-state index is 8.95. The van der Waals surface area contributed by atoms with Crippen LogP contribution in [0.5, 0.6) is 0 Å². The number of nitrogens with zero attached hydrogens (tertiary/aromatic N) is 2. The molecule has 0 radical (unpaired) electrons. The molecule has 1 fully saturated rings. The van der Waals surface area contributed by atoms with Crippen molar-refractivity contribution in [3.05, 3.63) is 36.0 Å². The van der Waals surface area contributed by atoms with Crippen LogP contribution in [0.4, 0.5) is 0 Å². The number of benzene rings is 1. The van der Waals surface area contributed by atoms with Gasteiger partial charge in [0.1, 0.15) is 0 Å². The minimum Gasteiger partial charge on any atom is -0.347 e. The molecule has 1 heterocycles. The zero-order valence-electron chi connectivity index (χ0n) is 11.3. The van der Waals surface area contributed by atoms with Crippen LogP contribution in [0.1, 0.15) is 24.8 Å². The third kappa shape index (κ3) is 2.24. The molecule has 19 heavy (non-hydrogen) atoms. The molecule has 0 amide bonds. The summed E-state index contributed by atoms with van der Waals surface area (Å²) < 4.78 is 2.34. The van der Waals surface area contributed by atoms with Crippen LogP contribution in [-0.4, -0.2) is 11.6 Å². The van der Waals surface area contributed by atoms with Gasteiger partial charge in [-0.25, -0.2) is 0 Å². The first-order valence-electron chi connectivity index (χ1n) is 6.86. The van der Waals surface area contributed by atoms with Gasteiger partial charge in [-0.3, -0.25) is 0 Å². The molecule has 0 aliphatic heterocycles. The topological polar surface area (TPSA) is 40.8 Å². The van der Waals surface area contributed by atoms with Crippen molar-refractivity contribution in [1.82, 2.24) is 9.88 Å². The Labute approximate surface area is 113 Å². The van der Waals surface area contributed by atoms with E-state index in [1.54, 1.807) is 0 Å². The van der Waals surface area contributed by atoms with E-state index >= 15 is 0 Å². The Morgan fingerprint density at radius 3 is 2.89 bits per heavy atom. The van der Waals surface area contributed by atoms with E-state index in [9.17, 15) is 0 Å². The standard InChI is InChI=1S/C16H19N3/c1-18-11-14-4-2-3-13-5-10-19(15(13)14)12-16(6-7-16)8-9-17/h2-5,10,18H,6-8,11-12H2,1H3. The minimum atomic E-state index is 0.244. The van der Waals surface area contributed by atoms with Crippen molar-refractivity contribution in [3.8, 4) is 6.07 Å². The predicted octanol–water partition coefficient (Wildman–Crippen LogP) is 3.05. The second-order valence-corrected chi connectivity index (χ2v) is 5.66. The molecule has 0 saturated heterocycles. The molecule has 1 N–H and O–H groups in total. The molecular formula is C16H19N3. The van der Waals surface area contributed by atoms with Crippen molar-refractivity contribution in [3.63, 3.8) is 0 Å². The summed E-state index contributed by atoms with van der Waals surface area (Å²) in [5, 5.41) is 13.5.